The molecule has 0 amide bonds. The fourth-order valence-corrected chi connectivity index (χ4v) is 1.12. The van der Waals surface area contributed by atoms with Crippen LogP contribution in [0.5, 0.6) is 5.88 Å². The summed E-state index contributed by atoms with van der Waals surface area (Å²) in [5.74, 6) is -0.663. The number of nitrogen functional groups attached to an aromatic ring is 1. The van der Waals surface area contributed by atoms with Gasteiger partial charge in [0.1, 0.15) is 11.5 Å². The zero-order valence-electron chi connectivity index (χ0n) is 9.30. The molecule has 0 aliphatic rings. The van der Waals surface area contributed by atoms with Gasteiger partial charge in [-0.05, 0) is 26.0 Å². The van der Waals surface area contributed by atoms with Gasteiger partial charge in [-0.15, -0.1) is 0 Å². The Bertz CT molecular complexity index is 429. The van der Waals surface area contributed by atoms with Crippen molar-refractivity contribution in [2.45, 2.75) is 26.1 Å². The van der Waals surface area contributed by atoms with Crippen molar-refractivity contribution in [3.8, 4) is 5.88 Å². The van der Waals surface area contributed by atoms with E-state index in [1.165, 1.54) is 0 Å². The summed E-state index contributed by atoms with van der Waals surface area (Å²) in [6, 6.07) is 1.85. The minimum atomic E-state index is -4.55. The van der Waals surface area contributed by atoms with Crippen molar-refractivity contribution in [1.29, 1.82) is 5.41 Å². The van der Waals surface area contributed by atoms with Crippen LogP contribution in [0, 0.1) is 5.41 Å². The first kappa shape index (κ1) is 13.3. The van der Waals surface area contributed by atoms with E-state index in [2.05, 4.69) is 4.98 Å². The molecule has 0 saturated carbocycles. The van der Waals surface area contributed by atoms with Gasteiger partial charge < -0.3 is 10.5 Å². The predicted octanol–water partition coefficient (Wildman–Crippen LogP) is 2.17. The Kier molecular flexibility index (Phi) is 3.59. The third kappa shape index (κ3) is 3.33. The van der Waals surface area contributed by atoms with Gasteiger partial charge >= 0.3 is 6.18 Å². The van der Waals surface area contributed by atoms with Gasteiger partial charge in [0.15, 0.2) is 0 Å². The number of amidine groups is 1. The maximum Gasteiger partial charge on any atom is 0.433 e. The number of nitrogens with one attached hydrogen (secondary N) is 1. The molecule has 1 aromatic rings. The van der Waals surface area contributed by atoms with Crippen LogP contribution in [-0.2, 0) is 6.18 Å². The Balaban J connectivity index is 3.24. The fraction of sp³-hybridized carbons (Fsp3) is 0.400. The SMILES string of the molecule is CC(C)Oc1nc(C(F)(F)F)ccc1C(=N)N. The summed E-state index contributed by atoms with van der Waals surface area (Å²) in [4.78, 5) is 3.34. The molecular formula is C10H12F3N3O. The number of alkyl halides is 3. The second kappa shape index (κ2) is 4.60. The third-order valence-corrected chi connectivity index (χ3v) is 1.79. The molecule has 0 fully saturated rings. The highest BCUT2D eigenvalue weighted by Gasteiger charge is 2.33. The number of aromatic nitrogens is 1. The summed E-state index contributed by atoms with van der Waals surface area (Å²) in [6.45, 7) is 3.29. The van der Waals surface area contributed by atoms with E-state index in [0.717, 1.165) is 12.1 Å². The lowest BCUT2D eigenvalue weighted by atomic mass is 10.2. The molecule has 1 aromatic heterocycles. The van der Waals surface area contributed by atoms with Crippen LogP contribution in [0.1, 0.15) is 25.1 Å². The number of pyridine rings is 1. The van der Waals surface area contributed by atoms with Crippen molar-refractivity contribution >= 4 is 5.84 Å². The number of rotatable bonds is 3. The normalized spacial score (nSPS) is 11.6. The second-order valence-electron chi connectivity index (χ2n) is 3.63. The lowest BCUT2D eigenvalue weighted by Crippen LogP contribution is -2.19. The van der Waals surface area contributed by atoms with Crippen molar-refractivity contribution in [3.63, 3.8) is 0 Å². The number of nitrogens with zero attached hydrogens (tertiary/aromatic N) is 1. The van der Waals surface area contributed by atoms with Crippen LogP contribution in [0.4, 0.5) is 13.2 Å². The molecule has 0 spiro atoms. The molecule has 0 bridgehead atoms. The Hall–Kier alpha value is -1.79. The molecule has 1 rings (SSSR count). The summed E-state index contributed by atoms with van der Waals surface area (Å²) < 4.78 is 42.4. The van der Waals surface area contributed by atoms with Crippen LogP contribution in [0.15, 0.2) is 12.1 Å². The van der Waals surface area contributed by atoms with Crippen LogP contribution < -0.4 is 10.5 Å². The third-order valence-electron chi connectivity index (χ3n) is 1.79. The highest BCUT2D eigenvalue weighted by Crippen LogP contribution is 2.30. The number of nitrogens with two attached hydrogens (primary N) is 1. The van der Waals surface area contributed by atoms with E-state index < -0.39 is 11.9 Å². The molecule has 0 radical (unpaired) electrons. The van der Waals surface area contributed by atoms with E-state index in [9.17, 15) is 13.2 Å². The maximum absolute atomic E-state index is 12.4. The summed E-state index contributed by atoms with van der Waals surface area (Å²) in [7, 11) is 0. The maximum atomic E-state index is 12.4. The number of ether oxygens (including phenoxy) is 1. The Morgan fingerprint density at radius 2 is 2.00 bits per heavy atom. The Labute approximate surface area is 96.1 Å². The van der Waals surface area contributed by atoms with Crippen molar-refractivity contribution < 1.29 is 17.9 Å². The van der Waals surface area contributed by atoms with E-state index in [1.807, 2.05) is 0 Å². The van der Waals surface area contributed by atoms with Gasteiger partial charge in [-0.25, -0.2) is 4.98 Å². The van der Waals surface area contributed by atoms with E-state index in [-0.39, 0.29) is 23.4 Å². The van der Waals surface area contributed by atoms with Gasteiger partial charge in [0, 0.05) is 0 Å². The minimum absolute atomic E-state index is 0.0479. The van der Waals surface area contributed by atoms with Gasteiger partial charge in [-0.1, -0.05) is 0 Å². The summed E-state index contributed by atoms with van der Waals surface area (Å²) in [5.41, 5.74) is 4.21. The Morgan fingerprint density at radius 1 is 1.41 bits per heavy atom. The molecule has 0 unspecified atom stereocenters. The summed E-state index contributed by atoms with van der Waals surface area (Å²) >= 11 is 0. The molecule has 1 heterocycles. The lowest BCUT2D eigenvalue weighted by molar-refractivity contribution is -0.141. The zero-order valence-corrected chi connectivity index (χ0v) is 9.30. The largest absolute Gasteiger partial charge is 0.474 e. The predicted molar refractivity (Wildman–Crippen MR) is 56.0 cm³/mol. The van der Waals surface area contributed by atoms with E-state index >= 15 is 0 Å². The molecule has 0 aromatic carbocycles. The highest BCUT2D eigenvalue weighted by atomic mass is 19.4. The number of hydrogen-bond acceptors (Lipinski definition) is 3. The highest BCUT2D eigenvalue weighted by molar-refractivity contribution is 5.97. The number of halogens is 3. The van der Waals surface area contributed by atoms with E-state index in [4.69, 9.17) is 15.9 Å². The van der Waals surface area contributed by atoms with Crippen LogP contribution in [0.3, 0.4) is 0 Å². The van der Waals surface area contributed by atoms with Crippen LogP contribution in [0.2, 0.25) is 0 Å². The van der Waals surface area contributed by atoms with Crippen molar-refractivity contribution in [2.24, 2.45) is 5.73 Å². The number of hydrogen-bond donors (Lipinski definition) is 2. The van der Waals surface area contributed by atoms with Crippen molar-refractivity contribution in [1.82, 2.24) is 4.98 Å². The molecule has 0 atom stereocenters. The monoisotopic (exact) mass is 247 g/mol. The minimum Gasteiger partial charge on any atom is -0.474 e. The fourth-order valence-electron chi connectivity index (χ4n) is 1.12. The first-order chi connectivity index (χ1) is 7.71. The average Bonchev–Trinajstić information content (AvgIpc) is 2.14. The van der Waals surface area contributed by atoms with Gasteiger partial charge in [0.25, 0.3) is 0 Å². The van der Waals surface area contributed by atoms with Crippen LogP contribution >= 0.6 is 0 Å². The zero-order chi connectivity index (χ0) is 13.2. The van der Waals surface area contributed by atoms with Crippen molar-refractivity contribution in [2.75, 3.05) is 0 Å². The lowest BCUT2D eigenvalue weighted by Gasteiger charge is -2.14. The molecule has 17 heavy (non-hydrogen) atoms. The average molecular weight is 247 g/mol. The van der Waals surface area contributed by atoms with Crippen LogP contribution in [-0.4, -0.2) is 16.9 Å². The van der Waals surface area contributed by atoms with E-state index in [0.29, 0.717) is 0 Å². The quantitative estimate of drug-likeness (QED) is 0.635. The first-order valence-electron chi connectivity index (χ1n) is 4.81. The summed E-state index contributed by atoms with van der Waals surface area (Å²) in [6.07, 6.45) is -4.91. The summed E-state index contributed by atoms with van der Waals surface area (Å²) in [5, 5.41) is 7.22. The van der Waals surface area contributed by atoms with Crippen LogP contribution in [0.25, 0.3) is 0 Å². The first-order valence-corrected chi connectivity index (χ1v) is 4.81. The standard InChI is InChI=1S/C10H12F3N3O/c1-5(2)17-9-6(8(14)15)3-4-7(16-9)10(11,12)13/h3-5H,1-2H3,(H3,14,15). The molecular weight excluding hydrogens is 235 g/mol. The molecule has 0 aliphatic heterocycles. The van der Waals surface area contributed by atoms with E-state index in [1.54, 1.807) is 13.8 Å². The van der Waals surface area contributed by atoms with Gasteiger partial charge in [0.2, 0.25) is 5.88 Å². The smallest absolute Gasteiger partial charge is 0.433 e. The molecule has 4 nitrogen and oxygen atoms in total. The second-order valence-corrected chi connectivity index (χ2v) is 3.63. The molecule has 94 valence electrons. The topological polar surface area (TPSA) is 72.0 Å². The molecule has 0 aliphatic carbocycles. The van der Waals surface area contributed by atoms with Gasteiger partial charge in [-0.3, -0.25) is 5.41 Å². The molecule has 7 heteroatoms. The molecule has 0 saturated heterocycles. The van der Waals surface area contributed by atoms with Crippen molar-refractivity contribution in [3.05, 3.63) is 23.4 Å². The van der Waals surface area contributed by atoms with Gasteiger partial charge in [-0.2, -0.15) is 13.2 Å². The van der Waals surface area contributed by atoms with Gasteiger partial charge in [0.05, 0.1) is 11.7 Å². The molecule has 3 N–H and O–H groups in total. The Morgan fingerprint density at radius 3 is 2.41 bits per heavy atom.